The highest BCUT2D eigenvalue weighted by Gasteiger charge is 2.07. The highest BCUT2D eigenvalue weighted by molar-refractivity contribution is 5.60. The molecule has 0 aliphatic carbocycles. The molecule has 0 unspecified atom stereocenters. The maximum absolute atomic E-state index is 9.14. The molecule has 2 nitrogen and oxygen atoms in total. The Hall–Kier alpha value is -2.29. The average Bonchev–Trinajstić information content (AvgIpc) is 2.45. The molecule has 114 valence electrons. The van der Waals surface area contributed by atoms with Gasteiger partial charge < -0.3 is 0 Å². The van der Waals surface area contributed by atoms with Crippen LogP contribution in [-0.4, -0.2) is 18.5 Å². The van der Waals surface area contributed by atoms with Crippen LogP contribution in [0.3, 0.4) is 0 Å². The Labute approximate surface area is 134 Å². The number of allylic oxidation sites excluding steroid dienone is 1. The summed E-state index contributed by atoms with van der Waals surface area (Å²) in [7, 11) is 2.05. The van der Waals surface area contributed by atoms with Gasteiger partial charge in [0.25, 0.3) is 0 Å². The number of hydrogen-bond acceptors (Lipinski definition) is 2. The number of nitriles is 1. The lowest BCUT2D eigenvalue weighted by molar-refractivity contribution is 0.363. The predicted molar refractivity (Wildman–Crippen MR) is 94.0 cm³/mol. The quantitative estimate of drug-likeness (QED) is 0.759. The van der Waals surface area contributed by atoms with Crippen LogP contribution in [0.25, 0.3) is 6.08 Å². The summed E-state index contributed by atoms with van der Waals surface area (Å²) in [5.74, 6) is 6.24. The van der Waals surface area contributed by atoms with Crippen molar-refractivity contribution in [3.05, 3.63) is 53.6 Å². The number of likely N-dealkylation sites (N-methyl/N-ethyl adjacent to an activating group) is 1. The fourth-order valence-corrected chi connectivity index (χ4v) is 1.99. The molecule has 2 heteroatoms. The first-order valence-electron chi connectivity index (χ1n) is 7.38. The molecule has 1 aromatic rings. The molecule has 0 saturated heterocycles. The van der Waals surface area contributed by atoms with Crippen molar-refractivity contribution in [3.63, 3.8) is 0 Å². The summed E-state index contributed by atoms with van der Waals surface area (Å²) >= 11 is 0. The second-order valence-electron chi connectivity index (χ2n) is 6.31. The summed E-state index contributed by atoms with van der Waals surface area (Å²) in [5, 5.41) is 9.14. The van der Waals surface area contributed by atoms with Crippen LogP contribution in [0.2, 0.25) is 0 Å². The van der Waals surface area contributed by atoms with E-state index in [1.807, 2.05) is 31.3 Å². The first-order valence-corrected chi connectivity index (χ1v) is 7.38. The van der Waals surface area contributed by atoms with Gasteiger partial charge in [-0.1, -0.05) is 42.7 Å². The lowest BCUT2D eigenvalue weighted by atomic mass is 9.98. The van der Waals surface area contributed by atoms with Gasteiger partial charge in [0.1, 0.15) is 0 Å². The molecule has 0 aliphatic rings. The minimum Gasteiger partial charge on any atom is -0.298 e. The number of hydrogen-bond donors (Lipinski definition) is 0. The zero-order valence-corrected chi connectivity index (χ0v) is 14.0. The molecule has 0 saturated carbocycles. The van der Waals surface area contributed by atoms with E-state index >= 15 is 0 Å². The first kappa shape index (κ1) is 17.8. The molecule has 0 bridgehead atoms. The zero-order chi connectivity index (χ0) is 16.6. The summed E-state index contributed by atoms with van der Waals surface area (Å²) < 4.78 is 0. The van der Waals surface area contributed by atoms with Gasteiger partial charge in [-0.15, -0.1) is 0 Å². The molecule has 0 fully saturated rings. The third kappa shape index (κ3) is 6.00. The van der Waals surface area contributed by atoms with Crippen LogP contribution in [0.1, 0.15) is 37.5 Å². The van der Waals surface area contributed by atoms with E-state index in [0.717, 1.165) is 24.2 Å². The van der Waals surface area contributed by atoms with E-state index in [0.29, 0.717) is 5.56 Å². The van der Waals surface area contributed by atoms with Gasteiger partial charge in [0.05, 0.1) is 11.6 Å². The standard InChI is InChI=1S/C20H24N2/c1-6-19-17(15-21)11-10-12-18(19)16-22(5)14-9-7-8-13-20(2,3)4/h6-7,9-12H,1,14,16H2,2-5H3/b9-7+. The number of nitrogens with zero attached hydrogens (tertiary/aromatic N) is 2. The molecular weight excluding hydrogens is 268 g/mol. The molecular formula is C20H24N2. The number of benzene rings is 1. The van der Waals surface area contributed by atoms with Crippen LogP contribution >= 0.6 is 0 Å². The van der Waals surface area contributed by atoms with Crippen LogP contribution in [0.15, 0.2) is 36.9 Å². The lowest BCUT2D eigenvalue weighted by Crippen LogP contribution is -2.18. The van der Waals surface area contributed by atoms with Crippen molar-refractivity contribution < 1.29 is 0 Å². The predicted octanol–water partition coefficient (Wildman–Crippen LogP) is 4.24. The highest BCUT2D eigenvalue weighted by atomic mass is 15.1. The second-order valence-corrected chi connectivity index (χ2v) is 6.31. The molecule has 0 aliphatic heterocycles. The normalized spacial score (nSPS) is 11.1. The van der Waals surface area contributed by atoms with E-state index < -0.39 is 0 Å². The molecule has 1 aromatic carbocycles. The lowest BCUT2D eigenvalue weighted by Gasteiger charge is -2.16. The van der Waals surface area contributed by atoms with Gasteiger partial charge in [-0.25, -0.2) is 0 Å². The fraction of sp³-hybridized carbons (Fsp3) is 0.350. The molecule has 22 heavy (non-hydrogen) atoms. The van der Waals surface area contributed by atoms with E-state index in [1.54, 1.807) is 6.08 Å². The summed E-state index contributed by atoms with van der Waals surface area (Å²) in [6.07, 6.45) is 5.72. The van der Waals surface area contributed by atoms with E-state index in [9.17, 15) is 0 Å². The Kier molecular flexibility index (Phi) is 6.64. The minimum absolute atomic E-state index is 0.0346. The molecule has 0 radical (unpaired) electrons. The maximum atomic E-state index is 9.14. The van der Waals surface area contributed by atoms with Crippen molar-refractivity contribution in [2.75, 3.05) is 13.6 Å². The minimum atomic E-state index is 0.0346. The largest absolute Gasteiger partial charge is 0.298 e. The summed E-state index contributed by atoms with van der Waals surface area (Å²) in [6.45, 7) is 11.7. The Balaban J connectivity index is 2.68. The van der Waals surface area contributed by atoms with Gasteiger partial charge in [0.2, 0.25) is 0 Å². The van der Waals surface area contributed by atoms with Gasteiger partial charge in [0.15, 0.2) is 0 Å². The average molecular weight is 292 g/mol. The van der Waals surface area contributed by atoms with Crippen LogP contribution in [0.5, 0.6) is 0 Å². The van der Waals surface area contributed by atoms with Gasteiger partial charge in [-0.05, 0) is 51.1 Å². The van der Waals surface area contributed by atoms with Crippen LogP contribution in [0.4, 0.5) is 0 Å². The topological polar surface area (TPSA) is 27.0 Å². The Morgan fingerprint density at radius 1 is 1.32 bits per heavy atom. The van der Waals surface area contributed by atoms with Gasteiger partial charge in [0, 0.05) is 18.5 Å². The summed E-state index contributed by atoms with van der Waals surface area (Å²) in [4.78, 5) is 2.18. The van der Waals surface area contributed by atoms with E-state index in [-0.39, 0.29) is 5.41 Å². The zero-order valence-electron chi connectivity index (χ0n) is 14.0. The Morgan fingerprint density at radius 2 is 2.05 bits per heavy atom. The Morgan fingerprint density at radius 3 is 2.64 bits per heavy atom. The molecule has 0 heterocycles. The van der Waals surface area contributed by atoms with Crippen LogP contribution < -0.4 is 0 Å². The Bertz CT molecular complexity index is 643. The molecule has 0 amide bonds. The van der Waals surface area contributed by atoms with Crippen molar-refractivity contribution >= 4 is 6.08 Å². The first-order chi connectivity index (χ1) is 10.4. The van der Waals surface area contributed by atoms with E-state index in [4.69, 9.17) is 5.26 Å². The van der Waals surface area contributed by atoms with Crippen molar-refractivity contribution in [1.82, 2.24) is 4.90 Å². The smallest absolute Gasteiger partial charge is 0.0998 e. The van der Waals surface area contributed by atoms with Crippen molar-refractivity contribution in [2.45, 2.75) is 27.3 Å². The maximum Gasteiger partial charge on any atom is 0.0998 e. The monoisotopic (exact) mass is 292 g/mol. The third-order valence-corrected chi connectivity index (χ3v) is 3.03. The van der Waals surface area contributed by atoms with Crippen LogP contribution in [0, 0.1) is 28.6 Å². The van der Waals surface area contributed by atoms with Crippen molar-refractivity contribution in [3.8, 4) is 17.9 Å². The highest BCUT2D eigenvalue weighted by Crippen LogP contribution is 2.17. The van der Waals surface area contributed by atoms with Crippen LogP contribution in [-0.2, 0) is 6.54 Å². The van der Waals surface area contributed by atoms with Gasteiger partial charge >= 0.3 is 0 Å². The summed E-state index contributed by atoms with van der Waals surface area (Å²) in [5.41, 5.74) is 2.75. The van der Waals surface area contributed by atoms with Crippen molar-refractivity contribution in [1.29, 1.82) is 5.26 Å². The molecule has 0 spiro atoms. The number of rotatable bonds is 5. The molecule has 0 aromatic heterocycles. The summed E-state index contributed by atoms with van der Waals surface area (Å²) in [6, 6.07) is 7.99. The van der Waals surface area contributed by atoms with E-state index in [2.05, 4.69) is 56.2 Å². The van der Waals surface area contributed by atoms with Gasteiger partial charge in [-0.3, -0.25) is 4.90 Å². The molecule has 1 rings (SSSR count). The second kappa shape index (κ2) is 8.23. The fourth-order valence-electron chi connectivity index (χ4n) is 1.99. The van der Waals surface area contributed by atoms with Crippen molar-refractivity contribution in [2.24, 2.45) is 5.41 Å². The molecule has 0 N–H and O–H groups in total. The SMILES string of the molecule is C=Cc1c(C#N)cccc1CN(C)C/C=C/C#CC(C)(C)C. The van der Waals surface area contributed by atoms with E-state index in [1.165, 1.54) is 0 Å². The van der Waals surface area contributed by atoms with Gasteiger partial charge in [-0.2, -0.15) is 5.26 Å². The third-order valence-electron chi connectivity index (χ3n) is 3.03. The molecule has 0 atom stereocenters.